The number of carbonyl (C=O) groups is 3. The molecule has 0 aliphatic heterocycles. The quantitative estimate of drug-likeness (QED) is 0.583. The molecule has 132 valence electrons. The van der Waals surface area contributed by atoms with Crippen molar-refractivity contribution in [2.75, 3.05) is 0 Å². The lowest BCUT2D eigenvalue weighted by molar-refractivity contribution is -0.119. The van der Waals surface area contributed by atoms with Gasteiger partial charge in [-0.2, -0.15) is 0 Å². The third-order valence-corrected chi connectivity index (χ3v) is 6.83. The maximum atomic E-state index is 12.9. The van der Waals surface area contributed by atoms with E-state index in [-0.39, 0.29) is 11.7 Å². The van der Waals surface area contributed by atoms with Gasteiger partial charge in [0, 0.05) is 11.1 Å². The smallest absolute Gasteiger partial charge is 0.230 e. The number of fused-ring (bicyclic) bond motifs is 1. The summed E-state index contributed by atoms with van der Waals surface area (Å²) < 4.78 is 0. The molecule has 1 aromatic carbocycles. The van der Waals surface area contributed by atoms with Gasteiger partial charge in [-0.1, -0.05) is 56.4 Å². The summed E-state index contributed by atoms with van der Waals surface area (Å²) in [6.07, 6.45) is 10.8. The number of hydrogen-bond donors (Lipinski definition) is 0. The molecule has 0 bridgehead atoms. The Hall–Kier alpha value is -1.77. The lowest BCUT2D eigenvalue weighted by Crippen LogP contribution is -2.42. The first-order valence-electron chi connectivity index (χ1n) is 9.88. The second-order valence-corrected chi connectivity index (χ2v) is 8.15. The average molecular weight is 338 g/mol. The van der Waals surface area contributed by atoms with E-state index in [2.05, 4.69) is 0 Å². The lowest BCUT2D eigenvalue weighted by Gasteiger charge is -2.38. The van der Waals surface area contributed by atoms with Crippen molar-refractivity contribution >= 4 is 17.3 Å². The van der Waals surface area contributed by atoms with Crippen LogP contribution in [0.1, 0.15) is 78.5 Å². The van der Waals surface area contributed by atoms with E-state index in [1.165, 1.54) is 32.1 Å². The van der Waals surface area contributed by atoms with Crippen molar-refractivity contribution < 1.29 is 14.4 Å². The fourth-order valence-electron chi connectivity index (χ4n) is 5.44. The first-order valence-corrected chi connectivity index (χ1v) is 9.88. The molecular formula is C22H26O3. The predicted molar refractivity (Wildman–Crippen MR) is 95.6 cm³/mol. The zero-order chi connectivity index (χ0) is 17.4. The molecule has 3 aliphatic rings. The summed E-state index contributed by atoms with van der Waals surface area (Å²) >= 11 is 0. The van der Waals surface area contributed by atoms with Gasteiger partial charge in [0.15, 0.2) is 5.78 Å². The van der Waals surface area contributed by atoms with Gasteiger partial charge in [-0.3, -0.25) is 14.4 Å². The Balaban J connectivity index is 1.48. The fraction of sp³-hybridized carbons (Fsp3) is 0.591. The van der Waals surface area contributed by atoms with Crippen molar-refractivity contribution in [3.05, 3.63) is 35.4 Å². The van der Waals surface area contributed by atoms with Crippen LogP contribution in [0, 0.1) is 23.7 Å². The SMILES string of the molecule is O=C1C(=O)C(C2CCC(C3CCCCC3)CC2)C(=O)c2ccccc21. The van der Waals surface area contributed by atoms with Gasteiger partial charge in [-0.25, -0.2) is 0 Å². The first kappa shape index (κ1) is 16.7. The molecule has 1 aromatic rings. The van der Waals surface area contributed by atoms with E-state index in [0.29, 0.717) is 11.1 Å². The van der Waals surface area contributed by atoms with E-state index >= 15 is 0 Å². The van der Waals surface area contributed by atoms with E-state index in [1.54, 1.807) is 24.3 Å². The topological polar surface area (TPSA) is 51.2 Å². The van der Waals surface area contributed by atoms with E-state index < -0.39 is 17.5 Å². The lowest BCUT2D eigenvalue weighted by atomic mass is 9.65. The standard InChI is InChI=1S/C22H26O3/c23-20-17-8-4-5-9-18(17)21(24)22(25)19(20)16-12-10-15(11-13-16)14-6-2-1-3-7-14/h4-5,8-9,14-16,19H,1-3,6-7,10-13H2. The van der Waals surface area contributed by atoms with Crippen LogP contribution in [0.3, 0.4) is 0 Å². The highest BCUT2D eigenvalue weighted by atomic mass is 16.2. The molecule has 3 nitrogen and oxygen atoms in total. The van der Waals surface area contributed by atoms with Gasteiger partial charge in [0.05, 0.1) is 5.92 Å². The van der Waals surface area contributed by atoms with Crippen LogP contribution in [0.4, 0.5) is 0 Å². The van der Waals surface area contributed by atoms with Crippen molar-refractivity contribution in [3.8, 4) is 0 Å². The molecule has 4 rings (SSSR count). The largest absolute Gasteiger partial charge is 0.293 e. The first-order chi connectivity index (χ1) is 12.2. The molecule has 0 N–H and O–H groups in total. The number of rotatable bonds is 2. The molecule has 0 saturated heterocycles. The molecule has 1 unspecified atom stereocenters. The van der Waals surface area contributed by atoms with Crippen molar-refractivity contribution in [1.82, 2.24) is 0 Å². The normalized spacial score (nSPS) is 31.0. The van der Waals surface area contributed by atoms with E-state index in [4.69, 9.17) is 0 Å². The van der Waals surface area contributed by atoms with Crippen LogP contribution in [-0.4, -0.2) is 17.3 Å². The highest BCUT2D eigenvalue weighted by molar-refractivity contribution is 6.51. The third-order valence-electron chi connectivity index (χ3n) is 6.83. The van der Waals surface area contributed by atoms with Crippen LogP contribution >= 0.6 is 0 Å². The molecule has 2 fully saturated rings. The van der Waals surface area contributed by atoms with Crippen molar-refractivity contribution in [3.63, 3.8) is 0 Å². The Morgan fingerprint density at radius 1 is 0.600 bits per heavy atom. The van der Waals surface area contributed by atoms with Gasteiger partial charge in [-0.15, -0.1) is 0 Å². The number of carbonyl (C=O) groups excluding carboxylic acids is 3. The van der Waals surface area contributed by atoms with Crippen molar-refractivity contribution in [2.45, 2.75) is 57.8 Å². The summed E-state index contributed by atoms with van der Waals surface area (Å²) in [6.45, 7) is 0. The maximum absolute atomic E-state index is 12.9. The molecule has 0 amide bonds. The van der Waals surface area contributed by atoms with E-state index in [0.717, 1.165) is 37.5 Å². The summed E-state index contributed by atoms with van der Waals surface area (Å²) in [5.41, 5.74) is 0.746. The monoisotopic (exact) mass is 338 g/mol. The molecule has 0 heterocycles. The Labute approximate surface area is 149 Å². The van der Waals surface area contributed by atoms with Gasteiger partial charge in [0.1, 0.15) is 0 Å². The Morgan fingerprint density at radius 3 is 1.84 bits per heavy atom. The highest BCUT2D eigenvalue weighted by Gasteiger charge is 2.45. The zero-order valence-corrected chi connectivity index (χ0v) is 14.7. The molecule has 3 heteroatoms. The minimum absolute atomic E-state index is 0.0529. The van der Waals surface area contributed by atoms with Gasteiger partial charge < -0.3 is 0 Å². The Bertz CT molecular complexity index is 691. The number of hydrogen-bond acceptors (Lipinski definition) is 3. The number of ketones is 3. The van der Waals surface area contributed by atoms with Gasteiger partial charge in [0.2, 0.25) is 11.6 Å². The van der Waals surface area contributed by atoms with Crippen LogP contribution in [0.5, 0.6) is 0 Å². The molecule has 0 aromatic heterocycles. The van der Waals surface area contributed by atoms with Gasteiger partial charge >= 0.3 is 0 Å². The van der Waals surface area contributed by atoms with Crippen LogP contribution in [0.2, 0.25) is 0 Å². The Morgan fingerprint density at radius 2 is 1.16 bits per heavy atom. The average Bonchev–Trinajstić information content (AvgIpc) is 2.68. The van der Waals surface area contributed by atoms with Crippen molar-refractivity contribution in [1.29, 1.82) is 0 Å². The van der Waals surface area contributed by atoms with Crippen LogP contribution in [0.15, 0.2) is 24.3 Å². The fourth-order valence-corrected chi connectivity index (χ4v) is 5.44. The van der Waals surface area contributed by atoms with Gasteiger partial charge in [-0.05, 0) is 43.4 Å². The number of benzene rings is 1. The molecule has 25 heavy (non-hydrogen) atoms. The maximum Gasteiger partial charge on any atom is 0.230 e. The summed E-state index contributed by atoms with van der Waals surface area (Å²) in [4.78, 5) is 37.9. The number of Topliss-reactive ketones (excluding diaryl/α,β-unsaturated/α-hetero) is 3. The minimum atomic E-state index is -0.727. The van der Waals surface area contributed by atoms with Crippen LogP contribution in [0.25, 0.3) is 0 Å². The summed E-state index contributed by atoms with van der Waals surface area (Å²) in [7, 11) is 0. The summed E-state index contributed by atoms with van der Waals surface area (Å²) in [5, 5.41) is 0. The molecule has 2 saturated carbocycles. The minimum Gasteiger partial charge on any atom is -0.293 e. The second-order valence-electron chi connectivity index (χ2n) is 8.15. The van der Waals surface area contributed by atoms with E-state index in [9.17, 15) is 14.4 Å². The van der Waals surface area contributed by atoms with Crippen LogP contribution < -0.4 is 0 Å². The summed E-state index contributed by atoms with van der Waals surface area (Å²) in [6, 6.07) is 6.79. The summed E-state index contributed by atoms with van der Waals surface area (Å²) in [5.74, 6) is -0.129. The molecular weight excluding hydrogens is 312 g/mol. The molecule has 1 atom stereocenters. The molecule has 0 radical (unpaired) electrons. The van der Waals surface area contributed by atoms with Crippen LogP contribution in [-0.2, 0) is 4.79 Å². The molecule has 3 aliphatic carbocycles. The van der Waals surface area contributed by atoms with Crippen molar-refractivity contribution in [2.24, 2.45) is 23.7 Å². The predicted octanol–water partition coefficient (Wildman–Crippen LogP) is 4.64. The Kier molecular flexibility index (Phi) is 4.58. The second kappa shape index (κ2) is 6.86. The molecule has 0 spiro atoms. The van der Waals surface area contributed by atoms with Gasteiger partial charge in [0.25, 0.3) is 0 Å². The van der Waals surface area contributed by atoms with E-state index in [1.807, 2.05) is 0 Å². The highest BCUT2D eigenvalue weighted by Crippen LogP contribution is 2.43. The third kappa shape index (κ3) is 2.98. The zero-order valence-electron chi connectivity index (χ0n) is 14.7.